The lowest BCUT2D eigenvalue weighted by molar-refractivity contribution is -0.151. The van der Waals surface area contributed by atoms with Crippen LogP contribution in [0.25, 0.3) is 0 Å². The molecule has 3 aromatic carbocycles. The minimum absolute atomic E-state index is 0.00501. The number of carbonyl (C=O) groups excluding carboxylic acids is 3. The van der Waals surface area contributed by atoms with Gasteiger partial charge in [-0.3, -0.25) is 14.4 Å². The van der Waals surface area contributed by atoms with Gasteiger partial charge in [-0.25, -0.2) is 0 Å². The predicted octanol–water partition coefficient (Wildman–Crippen LogP) is 4.65. The van der Waals surface area contributed by atoms with Gasteiger partial charge >= 0.3 is 5.97 Å². The van der Waals surface area contributed by atoms with E-state index in [0.717, 1.165) is 11.3 Å². The Bertz CT molecular complexity index is 1340. The number of esters is 1. The molecule has 1 saturated heterocycles. The van der Waals surface area contributed by atoms with Crippen molar-refractivity contribution >= 4 is 29.2 Å². The van der Waals surface area contributed by atoms with Crippen molar-refractivity contribution in [2.75, 3.05) is 37.6 Å². The summed E-state index contributed by atoms with van der Waals surface area (Å²) in [5.41, 5.74) is 3.36. The fourth-order valence-corrected chi connectivity index (χ4v) is 4.08. The van der Waals surface area contributed by atoms with E-state index in [-0.39, 0.29) is 18.9 Å². The van der Waals surface area contributed by atoms with Gasteiger partial charge in [0, 0.05) is 24.7 Å². The summed E-state index contributed by atoms with van der Waals surface area (Å²) < 4.78 is 21.5. The summed E-state index contributed by atoms with van der Waals surface area (Å²) in [6.45, 7) is 3.74. The Morgan fingerprint density at radius 3 is 2.29 bits per heavy atom. The van der Waals surface area contributed by atoms with Crippen LogP contribution < -0.4 is 24.4 Å². The van der Waals surface area contributed by atoms with Crippen LogP contribution in [0.2, 0.25) is 0 Å². The lowest BCUT2D eigenvalue weighted by Crippen LogP contribution is -2.28. The molecule has 3 aromatic rings. The second-order valence-corrected chi connectivity index (χ2v) is 8.97. The molecule has 0 bridgehead atoms. The Labute approximate surface area is 221 Å². The number of methoxy groups -OCH3 is 2. The number of anilines is 2. The zero-order valence-electron chi connectivity index (χ0n) is 21.8. The van der Waals surface area contributed by atoms with Crippen LogP contribution in [0.3, 0.4) is 0 Å². The highest BCUT2D eigenvalue weighted by Gasteiger charge is 2.36. The van der Waals surface area contributed by atoms with E-state index in [4.69, 9.17) is 18.9 Å². The molecule has 9 heteroatoms. The monoisotopic (exact) mass is 518 g/mol. The molecule has 1 N–H and O–H groups in total. The molecule has 198 valence electrons. The molecule has 1 fully saturated rings. The Balaban J connectivity index is 1.31. The maximum Gasteiger partial charge on any atom is 0.311 e. The number of benzene rings is 3. The SMILES string of the molecule is COc1ccc(OC)c(NC(=O)COC(=O)[C@H]2CC(=O)N(c3ccc(Oc4ccc(C)c(C)c4)cc3)C2)c1. The average Bonchev–Trinajstić information content (AvgIpc) is 3.31. The maximum atomic E-state index is 12.6. The van der Waals surface area contributed by atoms with Gasteiger partial charge in [-0.15, -0.1) is 0 Å². The molecule has 0 aromatic heterocycles. The summed E-state index contributed by atoms with van der Waals surface area (Å²) in [5.74, 6) is 0.329. The minimum atomic E-state index is -0.673. The molecule has 38 heavy (non-hydrogen) atoms. The fourth-order valence-electron chi connectivity index (χ4n) is 4.08. The quantitative estimate of drug-likeness (QED) is 0.412. The van der Waals surface area contributed by atoms with Crippen molar-refractivity contribution in [3.8, 4) is 23.0 Å². The Kier molecular flexibility index (Phi) is 8.15. The molecule has 2 amide bonds. The largest absolute Gasteiger partial charge is 0.497 e. The first kappa shape index (κ1) is 26.5. The van der Waals surface area contributed by atoms with Gasteiger partial charge in [0.2, 0.25) is 5.91 Å². The number of ether oxygens (including phenoxy) is 4. The smallest absolute Gasteiger partial charge is 0.311 e. The third-order valence-corrected chi connectivity index (χ3v) is 6.35. The average molecular weight is 519 g/mol. The number of amides is 2. The topological polar surface area (TPSA) is 103 Å². The van der Waals surface area contributed by atoms with Gasteiger partial charge in [0.05, 0.1) is 25.8 Å². The zero-order valence-corrected chi connectivity index (χ0v) is 21.8. The van der Waals surface area contributed by atoms with E-state index in [1.54, 1.807) is 42.5 Å². The molecule has 1 atom stereocenters. The summed E-state index contributed by atoms with van der Waals surface area (Å²) in [4.78, 5) is 39.1. The summed E-state index contributed by atoms with van der Waals surface area (Å²) >= 11 is 0. The first-order valence-corrected chi connectivity index (χ1v) is 12.1. The van der Waals surface area contributed by atoms with Crippen molar-refractivity contribution in [3.63, 3.8) is 0 Å². The normalized spacial score (nSPS) is 14.7. The van der Waals surface area contributed by atoms with Crippen LogP contribution in [0.4, 0.5) is 11.4 Å². The van der Waals surface area contributed by atoms with Crippen LogP contribution in [0, 0.1) is 19.8 Å². The summed E-state index contributed by atoms with van der Waals surface area (Å²) in [7, 11) is 2.99. The van der Waals surface area contributed by atoms with Crippen LogP contribution in [0.1, 0.15) is 17.5 Å². The van der Waals surface area contributed by atoms with E-state index in [1.807, 2.05) is 32.0 Å². The first-order chi connectivity index (χ1) is 18.3. The van der Waals surface area contributed by atoms with Crippen LogP contribution in [0.5, 0.6) is 23.0 Å². The molecule has 9 nitrogen and oxygen atoms in total. The molecular formula is C29H30N2O7. The molecule has 1 aliphatic rings. The number of hydrogen-bond donors (Lipinski definition) is 1. The van der Waals surface area contributed by atoms with E-state index in [0.29, 0.717) is 28.6 Å². The standard InChI is InChI=1S/C29H30N2O7/c1-18-5-8-24(13-19(18)2)38-22-9-6-21(7-10-22)31-16-20(14-28(31)33)29(34)37-17-27(32)30-25-15-23(35-3)11-12-26(25)36-4/h5-13,15,20H,14,16-17H2,1-4H3,(H,30,32)/t20-/m0/s1. The molecule has 1 heterocycles. The highest BCUT2D eigenvalue weighted by molar-refractivity contribution is 6.00. The molecular weight excluding hydrogens is 488 g/mol. The second kappa shape index (κ2) is 11.7. The minimum Gasteiger partial charge on any atom is -0.497 e. The van der Waals surface area contributed by atoms with Crippen LogP contribution in [-0.4, -0.2) is 45.2 Å². The number of carbonyl (C=O) groups is 3. The molecule has 4 rings (SSSR count). The number of nitrogens with zero attached hydrogens (tertiary/aromatic N) is 1. The van der Waals surface area contributed by atoms with Crippen molar-refractivity contribution < 1.29 is 33.3 Å². The van der Waals surface area contributed by atoms with Crippen molar-refractivity contribution in [2.24, 2.45) is 5.92 Å². The molecule has 0 saturated carbocycles. The predicted molar refractivity (Wildman–Crippen MR) is 142 cm³/mol. The Morgan fingerprint density at radius 2 is 1.61 bits per heavy atom. The van der Waals surface area contributed by atoms with Crippen molar-refractivity contribution in [3.05, 3.63) is 71.8 Å². The van der Waals surface area contributed by atoms with Gasteiger partial charge < -0.3 is 29.2 Å². The van der Waals surface area contributed by atoms with Gasteiger partial charge in [0.1, 0.15) is 23.0 Å². The van der Waals surface area contributed by atoms with E-state index < -0.39 is 24.4 Å². The highest BCUT2D eigenvalue weighted by atomic mass is 16.5. The first-order valence-electron chi connectivity index (χ1n) is 12.1. The molecule has 0 spiro atoms. The molecule has 0 aliphatic carbocycles. The second-order valence-electron chi connectivity index (χ2n) is 8.97. The number of rotatable bonds is 9. The van der Waals surface area contributed by atoms with Gasteiger partial charge in [-0.1, -0.05) is 6.07 Å². The van der Waals surface area contributed by atoms with E-state index in [9.17, 15) is 14.4 Å². The third-order valence-electron chi connectivity index (χ3n) is 6.35. The number of nitrogens with one attached hydrogen (secondary N) is 1. The fraction of sp³-hybridized carbons (Fsp3) is 0.276. The van der Waals surface area contributed by atoms with Gasteiger partial charge in [-0.05, 0) is 73.5 Å². The van der Waals surface area contributed by atoms with Crippen LogP contribution >= 0.6 is 0 Å². The van der Waals surface area contributed by atoms with Crippen LogP contribution in [0.15, 0.2) is 60.7 Å². The summed E-state index contributed by atoms with van der Waals surface area (Å²) in [6, 6.07) is 17.9. The highest BCUT2D eigenvalue weighted by Crippen LogP contribution is 2.31. The van der Waals surface area contributed by atoms with Crippen molar-refractivity contribution in [1.82, 2.24) is 0 Å². The molecule has 0 unspecified atom stereocenters. The van der Waals surface area contributed by atoms with Crippen molar-refractivity contribution in [2.45, 2.75) is 20.3 Å². The summed E-state index contributed by atoms with van der Waals surface area (Å²) in [6.07, 6.45) is 0.00501. The maximum absolute atomic E-state index is 12.6. The summed E-state index contributed by atoms with van der Waals surface area (Å²) in [5, 5.41) is 2.64. The van der Waals surface area contributed by atoms with Crippen molar-refractivity contribution in [1.29, 1.82) is 0 Å². The Hall–Kier alpha value is -4.53. The lowest BCUT2D eigenvalue weighted by atomic mass is 10.1. The molecule has 0 radical (unpaired) electrons. The van der Waals surface area contributed by atoms with Gasteiger partial charge in [0.15, 0.2) is 6.61 Å². The van der Waals surface area contributed by atoms with E-state index >= 15 is 0 Å². The zero-order chi connectivity index (χ0) is 27.2. The lowest BCUT2D eigenvalue weighted by Gasteiger charge is -2.17. The van der Waals surface area contributed by atoms with E-state index in [2.05, 4.69) is 5.32 Å². The molecule has 1 aliphatic heterocycles. The Morgan fingerprint density at radius 1 is 0.895 bits per heavy atom. The van der Waals surface area contributed by atoms with Crippen LogP contribution in [-0.2, 0) is 19.1 Å². The van der Waals surface area contributed by atoms with E-state index in [1.165, 1.54) is 24.7 Å². The number of hydrogen-bond acceptors (Lipinski definition) is 7. The van der Waals surface area contributed by atoms with Gasteiger partial charge in [-0.2, -0.15) is 0 Å². The van der Waals surface area contributed by atoms with Gasteiger partial charge in [0.25, 0.3) is 5.91 Å². The third kappa shape index (κ3) is 6.23. The number of aryl methyl sites for hydroxylation is 2.